The Bertz CT molecular complexity index is 362. The molecule has 19 heavy (non-hydrogen) atoms. The third-order valence-electron chi connectivity index (χ3n) is 4.95. The molecule has 1 aliphatic heterocycles. The smallest absolute Gasteiger partial charge is 0.254 e. The highest BCUT2D eigenvalue weighted by Gasteiger charge is 2.44. The molecule has 3 unspecified atom stereocenters. The van der Waals surface area contributed by atoms with Gasteiger partial charge in [-0.2, -0.15) is 0 Å². The number of methoxy groups -OCH3 is 1. The van der Waals surface area contributed by atoms with Crippen LogP contribution in [0.25, 0.3) is 0 Å². The number of carbonyl (C=O) groups is 2. The first-order valence-corrected chi connectivity index (χ1v) is 7.42. The summed E-state index contributed by atoms with van der Waals surface area (Å²) >= 11 is 0. The molecule has 1 heterocycles. The molecule has 0 aromatic heterocycles. The average Bonchev–Trinajstić information content (AvgIpc) is 3.04. The van der Waals surface area contributed by atoms with Crippen molar-refractivity contribution in [2.75, 3.05) is 13.7 Å². The molecule has 2 fully saturated rings. The van der Waals surface area contributed by atoms with E-state index >= 15 is 0 Å². The van der Waals surface area contributed by atoms with Gasteiger partial charge in [-0.25, -0.2) is 0 Å². The van der Waals surface area contributed by atoms with Crippen molar-refractivity contribution >= 4 is 11.7 Å². The number of Topliss-reactive ketones (excluding diaryl/α,β-unsaturated/α-hetero) is 1. The second kappa shape index (κ2) is 5.61. The monoisotopic (exact) mass is 267 g/mol. The minimum absolute atomic E-state index is 0.0553. The number of ether oxygens (including phenoxy) is 1. The van der Waals surface area contributed by atoms with Crippen molar-refractivity contribution in [2.24, 2.45) is 5.92 Å². The SMILES string of the molecule is CCC(C)(OC)C(=O)N1CCCC1C1CCCC1=O. The molecule has 0 aromatic carbocycles. The van der Waals surface area contributed by atoms with Crippen molar-refractivity contribution in [3.63, 3.8) is 0 Å². The van der Waals surface area contributed by atoms with Gasteiger partial charge in [0.2, 0.25) is 0 Å². The molecule has 1 saturated carbocycles. The van der Waals surface area contributed by atoms with Crippen molar-refractivity contribution in [2.45, 2.75) is 64.0 Å². The second-order valence-electron chi connectivity index (χ2n) is 5.96. The van der Waals surface area contributed by atoms with E-state index in [1.165, 1.54) is 0 Å². The summed E-state index contributed by atoms with van der Waals surface area (Å²) in [6, 6.07) is 0.114. The zero-order chi connectivity index (χ0) is 14.0. The molecule has 1 aliphatic carbocycles. The lowest BCUT2D eigenvalue weighted by molar-refractivity contribution is -0.155. The highest BCUT2D eigenvalue weighted by atomic mass is 16.5. The summed E-state index contributed by atoms with van der Waals surface area (Å²) in [6.45, 7) is 4.58. The summed E-state index contributed by atoms with van der Waals surface area (Å²) in [5.41, 5.74) is -0.746. The van der Waals surface area contributed by atoms with Gasteiger partial charge in [-0.15, -0.1) is 0 Å². The number of ketones is 1. The molecule has 0 aromatic rings. The van der Waals surface area contributed by atoms with Crippen molar-refractivity contribution in [3.8, 4) is 0 Å². The van der Waals surface area contributed by atoms with Crippen LogP contribution >= 0.6 is 0 Å². The van der Waals surface area contributed by atoms with Gasteiger partial charge in [-0.05, 0) is 39.0 Å². The van der Waals surface area contributed by atoms with E-state index in [4.69, 9.17) is 4.74 Å². The molecule has 2 rings (SSSR count). The van der Waals surface area contributed by atoms with Crippen LogP contribution in [0.15, 0.2) is 0 Å². The first kappa shape index (κ1) is 14.5. The van der Waals surface area contributed by atoms with Gasteiger partial charge in [-0.3, -0.25) is 9.59 Å². The van der Waals surface area contributed by atoms with E-state index in [1.807, 2.05) is 18.7 Å². The molecule has 4 nitrogen and oxygen atoms in total. The minimum Gasteiger partial charge on any atom is -0.369 e. The first-order valence-electron chi connectivity index (χ1n) is 7.42. The summed E-state index contributed by atoms with van der Waals surface area (Å²) in [5.74, 6) is 0.476. The number of amides is 1. The Morgan fingerprint density at radius 1 is 1.42 bits per heavy atom. The van der Waals surface area contributed by atoms with E-state index < -0.39 is 5.60 Å². The number of likely N-dealkylation sites (tertiary alicyclic amines) is 1. The van der Waals surface area contributed by atoms with Gasteiger partial charge in [0.25, 0.3) is 5.91 Å². The number of rotatable bonds is 4. The number of hydrogen-bond acceptors (Lipinski definition) is 3. The number of carbonyl (C=O) groups excluding carboxylic acids is 2. The highest BCUT2D eigenvalue weighted by molar-refractivity contribution is 5.88. The predicted molar refractivity (Wildman–Crippen MR) is 72.8 cm³/mol. The molecule has 0 bridgehead atoms. The van der Waals surface area contributed by atoms with Gasteiger partial charge < -0.3 is 9.64 Å². The van der Waals surface area contributed by atoms with Crippen LogP contribution in [0.2, 0.25) is 0 Å². The third kappa shape index (κ3) is 2.55. The minimum atomic E-state index is -0.746. The predicted octanol–water partition coefficient (Wildman–Crippen LogP) is 2.16. The fourth-order valence-electron chi connectivity index (χ4n) is 3.40. The topological polar surface area (TPSA) is 46.6 Å². The van der Waals surface area contributed by atoms with Crippen LogP contribution in [0.4, 0.5) is 0 Å². The Morgan fingerprint density at radius 3 is 2.68 bits per heavy atom. The van der Waals surface area contributed by atoms with E-state index in [1.54, 1.807) is 7.11 Å². The first-order chi connectivity index (χ1) is 9.03. The van der Waals surface area contributed by atoms with E-state index in [0.29, 0.717) is 18.6 Å². The van der Waals surface area contributed by atoms with Crippen LogP contribution in [-0.2, 0) is 14.3 Å². The Balaban J connectivity index is 2.14. The molecule has 0 N–H and O–H groups in total. The quantitative estimate of drug-likeness (QED) is 0.784. The van der Waals surface area contributed by atoms with Gasteiger partial charge in [-0.1, -0.05) is 6.92 Å². The summed E-state index contributed by atoms with van der Waals surface area (Å²) in [5, 5.41) is 0. The lowest BCUT2D eigenvalue weighted by Crippen LogP contribution is -2.52. The zero-order valence-electron chi connectivity index (χ0n) is 12.3. The van der Waals surface area contributed by atoms with Gasteiger partial charge in [0, 0.05) is 32.0 Å². The van der Waals surface area contributed by atoms with Crippen LogP contribution in [0.3, 0.4) is 0 Å². The molecule has 2 aliphatic rings. The Labute approximate surface area is 115 Å². The lowest BCUT2D eigenvalue weighted by atomic mass is 9.93. The van der Waals surface area contributed by atoms with E-state index in [0.717, 1.165) is 32.2 Å². The van der Waals surface area contributed by atoms with Crippen molar-refractivity contribution in [1.29, 1.82) is 0 Å². The Morgan fingerprint density at radius 2 is 2.16 bits per heavy atom. The average molecular weight is 267 g/mol. The molecule has 0 radical (unpaired) electrons. The Hall–Kier alpha value is -0.900. The maximum Gasteiger partial charge on any atom is 0.254 e. The Kier molecular flexibility index (Phi) is 4.29. The normalized spacial score (nSPS) is 30.7. The molecule has 4 heteroatoms. The number of hydrogen-bond donors (Lipinski definition) is 0. The molecule has 3 atom stereocenters. The molecule has 1 amide bonds. The summed E-state index contributed by atoms with van der Waals surface area (Å²) in [4.78, 5) is 26.6. The van der Waals surface area contributed by atoms with E-state index in [-0.39, 0.29) is 17.9 Å². The van der Waals surface area contributed by atoms with E-state index in [9.17, 15) is 9.59 Å². The van der Waals surface area contributed by atoms with Crippen LogP contribution in [0, 0.1) is 5.92 Å². The number of nitrogens with zero attached hydrogens (tertiary/aromatic N) is 1. The van der Waals surface area contributed by atoms with Gasteiger partial charge >= 0.3 is 0 Å². The standard InChI is InChI=1S/C15H25NO3/c1-4-15(2,19-3)14(18)16-10-6-8-12(16)11-7-5-9-13(11)17/h11-12H,4-10H2,1-3H3. The zero-order valence-corrected chi connectivity index (χ0v) is 12.3. The third-order valence-corrected chi connectivity index (χ3v) is 4.95. The van der Waals surface area contributed by atoms with Gasteiger partial charge in [0.05, 0.1) is 0 Å². The van der Waals surface area contributed by atoms with Crippen LogP contribution in [0.1, 0.15) is 52.4 Å². The maximum atomic E-state index is 12.7. The van der Waals surface area contributed by atoms with Gasteiger partial charge in [0.1, 0.15) is 11.4 Å². The molecule has 108 valence electrons. The summed E-state index contributed by atoms with van der Waals surface area (Å²) < 4.78 is 5.42. The largest absolute Gasteiger partial charge is 0.369 e. The fourth-order valence-corrected chi connectivity index (χ4v) is 3.40. The van der Waals surface area contributed by atoms with Crippen LogP contribution in [-0.4, -0.2) is 41.9 Å². The summed E-state index contributed by atoms with van der Waals surface area (Å²) in [7, 11) is 1.59. The lowest BCUT2D eigenvalue weighted by Gasteiger charge is -2.35. The van der Waals surface area contributed by atoms with Crippen LogP contribution < -0.4 is 0 Å². The maximum absolute atomic E-state index is 12.7. The highest BCUT2D eigenvalue weighted by Crippen LogP contribution is 2.35. The molecule has 0 spiro atoms. The molecule has 1 saturated heterocycles. The molecular weight excluding hydrogens is 242 g/mol. The fraction of sp³-hybridized carbons (Fsp3) is 0.867. The second-order valence-corrected chi connectivity index (χ2v) is 5.96. The van der Waals surface area contributed by atoms with E-state index in [2.05, 4.69) is 0 Å². The van der Waals surface area contributed by atoms with Crippen molar-refractivity contribution in [3.05, 3.63) is 0 Å². The van der Waals surface area contributed by atoms with Crippen molar-refractivity contribution in [1.82, 2.24) is 4.90 Å². The molecular formula is C15H25NO3. The van der Waals surface area contributed by atoms with Gasteiger partial charge in [0.15, 0.2) is 0 Å². The summed E-state index contributed by atoms with van der Waals surface area (Å²) in [6.07, 6.45) is 5.25. The van der Waals surface area contributed by atoms with Crippen molar-refractivity contribution < 1.29 is 14.3 Å². The van der Waals surface area contributed by atoms with Crippen LogP contribution in [0.5, 0.6) is 0 Å².